The Morgan fingerprint density at radius 3 is 1.49 bits per heavy atom. The van der Waals surface area contributed by atoms with E-state index in [0.29, 0.717) is 18.4 Å². The minimum Gasteiger partial charge on any atom is -0.325 e. The Hall–Kier alpha value is -3.44. The van der Waals surface area contributed by atoms with Crippen LogP contribution in [0.4, 0.5) is 11.4 Å². The van der Waals surface area contributed by atoms with Gasteiger partial charge in [0.2, 0.25) is 11.8 Å². The van der Waals surface area contributed by atoms with E-state index in [2.05, 4.69) is 50.5 Å². The fourth-order valence-corrected chi connectivity index (χ4v) is 3.86. The Kier molecular flexibility index (Phi) is 9.62. The summed E-state index contributed by atoms with van der Waals surface area (Å²) in [6.45, 7) is 9.44. The number of carbonyl (C=O) groups excluding carboxylic acids is 2. The molecule has 0 aromatic heterocycles. The summed E-state index contributed by atoms with van der Waals surface area (Å²) in [4.78, 5) is 27.5. The van der Waals surface area contributed by atoms with E-state index in [4.69, 9.17) is 0 Å². The van der Waals surface area contributed by atoms with Gasteiger partial charge >= 0.3 is 0 Å². The molecule has 3 aromatic carbocycles. The van der Waals surface area contributed by atoms with Crippen molar-refractivity contribution < 1.29 is 9.59 Å². The second-order valence-corrected chi connectivity index (χ2v) is 9.60. The van der Waals surface area contributed by atoms with Crippen LogP contribution in [-0.4, -0.2) is 36.3 Å². The Labute approximate surface area is 209 Å². The topological polar surface area (TPSA) is 61.4 Å². The maximum Gasteiger partial charge on any atom is 0.238 e. The van der Waals surface area contributed by atoms with Crippen molar-refractivity contribution in [2.45, 2.75) is 46.0 Å². The van der Waals surface area contributed by atoms with Crippen LogP contribution >= 0.6 is 0 Å². The molecule has 3 rings (SSSR count). The summed E-state index contributed by atoms with van der Waals surface area (Å²) in [5.74, 6) is 0.607. The van der Waals surface area contributed by atoms with Crippen molar-refractivity contribution in [1.82, 2.24) is 4.90 Å². The monoisotopic (exact) mass is 471 g/mol. The SMILES string of the molecule is CC(C)c1ccc(NC(=O)CN(CCc2ccccc2)CC(=O)Nc2ccc(C(C)C)cc2)cc1. The molecule has 5 nitrogen and oxygen atoms in total. The Morgan fingerprint density at radius 1 is 0.657 bits per heavy atom. The van der Waals surface area contributed by atoms with Crippen LogP contribution in [0.25, 0.3) is 0 Å². The molecule has 0 bridgehead atoms. The van der Waals surface area contributed by atoms with Gasteiger partial charge in [-0.05, 0) is 59.2 Å². The normalized spacial score (nSPS) is 11.2. The smallest absolute Gasteiger partial charge is 0.238 e. The summed E-state index contributed by atoms with van der Waals surface area (Å²) < 4.78 is 0. The molecular weight excluding hydrogens is 434 g/mol. The van der Waals surface area contributed by atoms with E-state index < -0.39 is 0 Å². The van der Waals surface area contributed by atoms with E-state index in [0.717, 1.165) is 17.8 Å². The van der Waals surface area contributed by atoms with Crippen LogP contribution in [0.5, 0.6) is 0 Å². The number of benzene rings is 3. The molecule has 0 heterocycles. The zero-order valence-corrected chi connectivity index (χ0v) is 21.3. The fourth-order valence-electron chi connectivity index (χ4n) is 3.86. The minimum atomic E-state index is -0.135. The third-order valence-electron chi connectivity index (χ3n) is 6.02. The number of hydrogen-bond acceptors (Lipinski definition) is 3. The highest BCUT2D eigenvalue weighted by atomic mass is 16.2. The number of nitrogens with one attached hydrogen (secondary N) is 2. The van der Waals surface area contributed by atoms with Gasteiger partial charge < -0.3 is 10.6 Å². The predicted octanol–water partition coefficient (Wildman–Crippen LogP) is 6.06. The van der Waals surface area contributed by atoms with Crippen LogP contribution in [0, 0.1) is 0 Å². The van der Waals surface area contributed by atoms with Crippen LogP contribution in [0.15, 0.2) is 78.9 Å². The van der Waals surface area contributed by atoms with E-state index >= 15 is 0 Å². The zero-order valence-electron chi connectivity index (χ0n) is 21.3. The molecule has 0 aliphatic heterocycles. The van der Waals surface area contributed by atoms with E-state index in [1.165, 1.54) is 16.7 Å². The lowest BCUT2D eigenvalue weighted by atomic mass is 10.0. The van der Waals surface area contributed by atoms with Crippen LogP contribution in [0.3, 0.4) is 0 Å². The van der Waals surface area contributed by atoms with Gasteiger partial charge in [0, 0.05) is 17.9 Å². The quantitative estimate of drug-likeness (QED) is 0.358. The van der Waals surface area contributed by atoms with Gasteiger partial charge in [0.25, 0.3) is 0 Å². The number of amides is 2. The van der Waals surface area contributed by atoms with Gasteiger partial charge in [-0.15, -0.1) is 0 Å². The molecule has 0 unspecified atom stereocenters. The maximum atomic E-state index is 12.8. The summed E-state index contributed by atoms with van der Waals surface area (Å²) >= 11 is 0. The number of carbonyl (C=O) groups is 2. The Bertz CT molecular complexity index is 1010. The van der Waals surface area contributed by atoms with Crippen molar-refractivity contribution >= 4 is 23.2 Å². The summed E-state index contributed by atoms with van der Waals surface area (Å²) in [6, 6.07) is 25.9. The van der Waals surface area contributed by atoms with Crippen LogP contribution in [0.1, 0.15) is 56.2 Å². The van der Waals surface area contributed by atoms with Crippen LogP contribution in [-0.2, 0) is 16.0 Å². The second-order valence-electron chi connectivity index (χ2n) is 9.60. The third kappa shape index (κ3) is 8.69. The van der Waals surface area contributed by atoms with Crippen LogP contribution < -0.4 is 10.6 Å². The van der Waals surface area contributed by atoms with E-state index in [9.17, 15) is 9.59 Å². The minimum absolute atomic E-state index is 0.135. The number of hydrogen-bond donors (Lipinski definition) is 2. The largest absolute Gasteiger partial charge is 0.325 e. The summed E-state index contributed by atoms with van der Waals surface area (Å²) in [5.41, 5.74) is 5.15. The molecule has 0 radical (unpaired) electrons. The summed E-state index contributed by atoms with van der Waals surface area (Å²) in [6.07, 6.45) is 0.758. The molecule has 35 heavy (non-hydrogen) atoms. The lowest BCUT2D eigenvalue weighted by Crippen LogP contribution is -2.40. The Balaban J connectivity index is 1.61. The number of anilines is 2. The van der Waals surface area contributed by atoms with E-state index in [1.54, 1.807) is 0 Å². The van der Waals surface area contributed by atoms with Gasteiger partial charge in [-0.2, -0.15) is 0 Å². The average molecular weight is 472 g/mol. The highest BCUT2D eigenvalue weighted by Gasteiger charge is 2.16. The van der Waals surface area contributed by atoms with Crippen molar-refractivity contribution in [3.63, 3.8) is 0 Å². The first kappa shape index (κ1) is 26.2. The van der Waals surface area contributed by atoms with Gasteiger partial charge in [-0.1, -0.05) is 82.3 Å². The van der Waals surface area contributed by atoms with Crippen molar-refractivity contribution in [3.05, 3.63) is 95.6 Å². The molecule has 184 valence electrons. The molecular formula is C30H37N3O2. The first-order valence-corrected chi connectivity index (χ1v) is 12.4. The molecule has 2 N–H and O–H groups in total. The molecule has 0 saturated heterocycles. The first-order chi connectivity index (χ1) is 16.8. The zero-order chi connectivity index (χ0) is 25.2. The predicted molar refractivity (Wildman–Crippen MR) is 145 cm³/mol. The molecule has 0 fully saturated rings. The van der Waals surface area contributed by atoms with Crippen molar-refractivity contribution in [3.8, 4) is 0 Å². The lowest BCUT2D eigenvalue weighted by molar-refractivity contribution is -0.120. The first-order valence-electron chi connectivity index (χ1n) is 12.4. The molecule has 2 amide bonds. The number of rotatable bonds is 11. The van der Waals surface area contributed by atoms with Crippen molar-refractivity contribution in [1.29, 1.82) is 0 Å². The van der Waals surface area contributed by atoms with Crippen molar-refractivity contribution in [2.75, 3.05) is 30.3 Å². The summed E-state index contributed by atoms with van der Waals surface area (Å²) in [7, 11) is 0. The molecule has 0 aliphatic rings. The van der Waals surface area contributed by atoms with Crippen LogP contribution in [0.2, 0.25) is 0 Å². The molecule has 5 heteroatoms. The second kappa shape index (κ2) is 12.9. The molecule has 3 aromatic rings. The highest BCUT2D eigenvalue weighted by Crippen LogP contribution is 2.18. The summed E-state index contributed by atoms with van der Waals surface area (Å²) in [5, 5.41) is 5.93. The average Bonchev–Trinajstić information content (AvgIpc) is 2.83. The van der Waals surface area contributed by atoms with Gasteiger partial charge in [-0.3, -0.25) is 14.5 Å². The van der Waals surface area contributed by atoms with E-state index in [-0.39, 0.29) is 24.9 Å². The molecule has 0 aliphatic carbocycles. The van der Waals surface area contributed by atoms with Gasteiger partial charge in [0.15, 0.2) is 0 Å². The number of nitrogens with zero attached hydrogens (tertiary/aromatic N) is 1. The van der Waals surface area contributed by atoms with Gasteiger partial charge in [-0.25, -0.2) is 0 Å². The third-order valence-corrected chi connectivity index (χ3v) is 6.02. The van der Waals surface area contributed by atoms with Gasteiger partial charge in [0.05, 0.1) is 13.1 Å². The van der Waals surface area contributed by atoms with Gasteiger partial charge in [0.1, 0.15) is 0 Å². The standard InChI is InChI=1S/C30H37N3O2/c1-22(2)25-10-14-27(15-11-25)31-29(34)20-33(19-18-24-8-6-5-7-9-24)21-30(35)32-28-16-12-26(13-17-28)23(3)4/h5-17,22-23H,18-21H2,1-4H3,(H,31,34)(H,32,35). The lowest BCUT2D eigenvalue weighted by Gasteiger charge is -2.21. The highest BCUT2D eigenvalue weighted by molar-refractivity contribution is 5.94. The van der Waals surface area contributed by atoms with Crippen molar-refractivity contribution in [2.24, 2.45) is 0 Å². The molecule has 0 saturated carbocycles. The van der Waals surface area contributed by atoms with E-state index in [1.807, 2.05) is 71.6 Å². The Morgan fingerprint density at radius 2 is 1.09 bits per heavy atom. The fraction of sp³-hybridized carbons (Fsp3) is 0.333. The maximum absolute atomic E-state index is 12.8. The molecule has 0 atom stereocenters. The molecule has 0 spiro atoms.